The van der Waals surface area contributed by atoms with Gasteiger partial charge in [0, 0.05) is 11.6 Å². The minimum absolute atomic E-state index is 0.105. The molecule has 136 valence electrons. The number of carbonyl (C=O) groups excluding carboxylic acids is 1. The van der Waals surface area contributed by atoms with Crippen LogP contribution in [0.5, 0.6) is 0 Å². The predicted octanol–water partition coefficient (Wildman–Crippen LogP) is 5.50. The van der Waals surface area contributed by atoms with E-state index in [0.717, 1.165) is 37.8 Å². The zero-order valence-corrected chi connectivity index (χ0v) is 14.8. The summed E-state index contributed by atoms with van der Waals surface area (Å²) in [4.78, 5) is 12.5. The normalized spacial score (nSPS) is 35.6. The highest BCUT2D eigenvalue weighted by Crippen LogP contribution is 2.67. The van der Waals surface area contributed by atoms with Gasteiger partial charge in [0.1, 0.15) is 4.33 Å². The highest BCUT2D eigenvalue weighted by molar-refractivity contribution is 6.51. The van der Waals surface area contributed by atoms with Gasteiger partial charge in [-0.05, 0) is 67.6 Å². The van der Waals surface area contributed by atoms with E-state index in [4.69, 9.17) is 23.2 Å². The van der Waals surface area contributed by atoms with Crippen LogP contribution in [0.15, 0.2) is 24.3 Å². The number of rotatable bonds is 2. The molecule has 0 aliphatic heterocycles. The molecule has 1 amide bonds. The Labute approximate surface area is 154 Å². The maximum Gasteiger partial charge on any atom is 0.416 e. The van der Waals surface area contributed by atoms with Gasteiger partial charge in [-0.3, -0.25) is 4.79 Å². The van der Waals surface area contributed by atoms with Crippen LogP contribution >= 0.6 is 23.2 Å². The van der Waals surface area contributed by atoms with Crippen molar-refractivity contribution in [2.24, 2.45) is 29.6 Å². The third-order valence-corrected chi connectivity index (χ3v) is 7.20. The van der Waals surface area contributed by atoms with Crippen LogP contribution in [0.4, 0.5) is 18.9 Å². The molecule has 3 fully saturated rings. The van der Waals surface area contributed by atoms with Crippen molar-refractivity contribution in [1.82, 2.24) is 0 Å². The average Bonchev–Trinajstić information content (AvgIpc) is 3.31. The van der Waals surface area contributed by atoms with Gasteiger partial charge in [-0.1, -0.05) is 6.07 Å². The lowest BCUT2D eigenvalue weighted by molar-refractivity contribution is -0.137. The van der Waals surface area contributed by atoms with E-state index < -0.39 is 16.1 Å². The maximum absolute atomic E-state index is 12.8. The second kappa shape index (κ2) is 5.78. The number of nitrogens with one attached hydrogen (secondary N) is 1. The van der Waals surface area contributed by atoms with E-state index in [2.05, 4.69) is 5.32 Å². The lowest BCUT2D eigenvalue weighted by Gasteiger charge is -2.10. The second-order valence-corrected chi connectivity index (χ2v) is 8.91. The Kier molecular flexibility index (Phi) is 4.04. The van der Waals surface area contributed by atoms with Crippen molar-refractivity contribution in [2.45, 2.75) is 36.2 Å². The van der Waals surface area contributed by atoms with Crippen molar-refractivity contribution < 1.29 is 18.0 Å². The maximum atomic E-state index is 12.8. The summed E-state index contributed by atoms with van der Waals surface area (Å²) in [5, 5.41) is 2.66. The third-order valence-electron chi connectivity index (χ3n) is 6.08. The molecule has 0 heterocycles. The molecule has 0 aromatic heterocycles. The molecule has 0 radical (unpaired) electrons. The molecule has 2 nitrogen and oxygen atoms in total. The molecule has 25 heavy (non-hydrogen) atoms. The smallest absolute Gasteiger partial charge is 0.326 e. The lowest BCUT2D eigenvalue weighted by atomic mass is 10.0. The molecular weight excluding hydrogens is 374 g/mol. The molecule has 4 atom stereocenters. The largest absolute Gasteiger partial charge is 0.416 e. The summed E-state index contributed by atoms with van der Waals surface area (Å²) in [6.45, 7) is 0. The van der Waals surface area contributed by atoms with Gasteiger partial charge in [0.05, 0.1) is 5.56 Å². The number of amides is 1. The van der Waals surface area contributed by atoms with Crippen LogP contribution in [0.2, 0.25) is 0 Å². The molecule has 7 heteroatoms. The van der Waals surface area contributed by atoms with Crippen molar-refractivity contribution in [3.05, 3.63) is 29.8 Å². The summed E-state index contributed by atoms with van der Waals surface area (Å²) >= 11 is 12.5. The Balaban J connectivity index is 1.39. The van der Waals surface area contributed by atoms with Crippen LogP contribution in [0.25, 0.3) is 0 Å². The van der Waals surface area contributed by atoms with Gasteiger partial charge in [0.2, 0.25) is 5.91 Å². The zero-order chi connectivity index (χ0) is 18.0. The van der Waals surface area contributed by atoms with Crippen molar-refractivity contribution in [2.75, 3.05) is 5.32 Å². The first-order chi connectivity index (χ1) is 11.7. The van der Waals surface area contributed by atoms with Crippen LogP contribution in [0.1, 0.15) is 31.2 Å². The molecule has 0 spiro atoms. The van der Waals surface area contributed by atoms with Gasteiger partial charge < -0.3 is 5.32 Å². The summed E-state index contributed by atoms with van der Waals surface area (Å²) in [5.41, 5.74) is -0.560. The molecular formula is C18H18Cl2F3NO. The second-order valence-electron chi connectivity index (χ2n) is 7.46. The molecule has 0 saturated heterocycles. The summed E-state index contributed by atoms with van der Waals surface area (Å²) < 4.78 is 37.7. The Hall–Kier alpha value is -0.940. The number of hydrogen-bond donors (Lipinski definition) is 1. The predicted molar refractivity (Wildman–Crippen MR) is 90.4 cm³/mol. The molecule has 3 saturated carbocycles. The van der Waals surface area contributed by atoms with Crippen LogP contribution in [0, 0.1) is 29.6 Å². The van der Waals surface area contributed by atoms with Gasteiger partial charge in [-0.2, -0.15) is 13.2 Å². The first-order valence-corrected chi connectivity index (χ1v) is 9.31. The van der Waals surface area contributed by atoms with Gasteiger partial charge in [0.25, 0.3) is 0 Å². The van der Waals surface area contributed by atoms with Crippen molar-refractivity contribution in [3.63, 3.8) is 0 Å². The fraction of sp³-hybridized carbons (Fsp3) is 0.611. The van der Waals surface area contributed by atoms with Crippen molar-refractivity contribution in [1.29, 1.82) is 0 Å². The van der Waals surface area contributed by atoms with E-state index in [1.54, 1.807) is 0 Å². The highest BCUT2D eigenvalue weighted by Gasteiger charge is 2.65. The summed E-state index contributed by atoms with van der Waals surface area (Å²) in [5.74, 6) is 0.974. The molecule has 4 rings (SSSR count). The molecule has 3 aliphatic rings. The monoisotopic (exact) mass is 391 g/mol. The number of fused-ring (bicyclic) bond motifs is 2. The van der Waals surface area contributed by atoms with Gasteiger partial charge >= 0.3 is 6.18 Å². The van der Waals surface area contributed by atoms with Crippen LogP contribution in [-0.2, 0) is 11.0 Å². The minimum atomic E-state index is -4.42. The quantitative estimate of drug-likeness (QED) is 0.662. The number of anilines is 1. The Morgan fingerprint density at radius 2 is 1.68 bits per heavy atom. The summed E-state index contributed by atoms with van der Waals surface area (Å²) in [6, 6.07) is 4.77. The molecule has 0 bridgehead atoms. The van der Waals surface area contributed by atoms with Crippen LogP contribution < -0.4 is 5.32 Å². The first-order valence-electron chi connectivity index (χ1n) is 8.55. The van der Waals surface area contributed by atoms with Gasteiger partial charge in [-0.25, -0.2) is 0 Å². The van der Waals surface area contributed by atoms with Gasteiger partial charge in [-0.15, -0.1) is 23.2 Å². The van der Waals surface area contributed by atoms with E-state index in [0.29, 0.717) is 23.7 Å². The van der Waals surface area contributed by atoms with Crippen molar-refractivity contribution >= 4 is 34.8 Å². The van der Waals surface area contributed by atoms with E-state index in [9.17, 15) is 18.0 Å². The van der Waals surface area contributed by atoms with Crippen LogP contribution in [0.3, 0.4) is 0 Å². The first kappa shape index (κ1) is 17.5. The SMILES string of the molecule is O=C(Nc1cccc(C(F)(F)F)c1)C1C2CCC3C(CCC21)C3(Cl)Cl. The summed E-state index contributed by atoms with van der Waals surface area (Å²) in [7, 11) is 0. The Bertz CT molecular complexity index is 684. The molecule has 1 aromatic rings. The van der Waals surface area contributed by atoms with E-state index in [-0.39, 0.29) is 17.5 Å². The molecule has 1 aromatic carbocycles. The van der Waals surface area contributed by atoms with E-state index in [1.165, 1.54) is 12.1 Å². The minimum Gasteiger partial charge on any atom is -0.326 e. The third kappa shape index (κ3) is 3.14. The average molecular weight is 392 g/mol. The lowest BCUT2D eigenvalue weighted by Crippen LogP contribution is -2.16. The number of hydrogen-bond acceptors (Lipinski definition) is 1. The molecule has 1 N–H and O–H groups in total. The zero-order valence-electron chi connectivity index (χ0n) is 13.3. The number of benzene rings is 1. The van der Waals surface area contributed by atoms with Crippen molar-refractivity contribution in [3.8, 4) is 0 Å². The topological polar surface area (TPSA) is 29.1 Å². The fourth-order valence-corrected chi connectivity index (χ4v) is 5.53. The molecule has 4 unspecified atom stereocenters. The fourth-order valence-electron chi connectivity index (χ4n) is 4.61. The Morgan fingerprint density at radius 1 is 1.08 bits per heavy atom. The highest BCUT2D eigenvalue weighted by atomic mass is 35.5. The number of halogens is 5. The standard InChI is InChI=1S/C18H18Cl2F3NO/c19-17(20)13-6-4-11-12(5-7-14(13)17)15(11)16(25)24-10-3-1-2-9(8-10)18(21,22)23/h1-3,8,11-15H,4-7H2,(H,24,25). The van der Waals surface area contributed by atoms with E-state index in [1.807, 2.05) is 0 Å². The summed E-state index contributed by atoms with van der Waals surface area (Å²) in [6.07, 6.45) is -0.749. The number of carbonyl (C=O) groups is 1. The van der Waals surface area contributed by atoms with Crippen LogP contribution in [-0.4, -0.2) is 10.2 Å². The number of alkyl halides is 5. The van der Waals surface area contributed by atoms with Gasteiger partial charge in [0.15, 0.2) is 0 Å². The Morgan fingerprint density at radius 3 is 2.24 bits per heavy atom. The molecule has 3 aliphatic carbocycles. The van der Waals surface area contributed by atoms with E-state index >= 15 is 0 Å².